The van der Waals surface area contributed by atoms with Crippen molar-refractivity contribution in [2.24, 2.45) is 10.4 Å². The Kier molecular flexibility index (Phi) is 12.5. The van der Waals surface area contributed by atoms with Gasteiger partial charge in [0.25, 0.3) is 0 Å². The molecule has 0 aromatic heterocycles. The van der Waals surface area contributed by atoms with Gasteiger partial charge < -0.3 is 15.4 Å². The summed E-state index contributed by atoms with van der Waals surface area (Å²) < 4.78 is 27.3. The first-order chi connectivity index (χ1) is 12.1. The van der Waals surface area contributed by atoms with Crippen LogP contribution in [0.3, 0.4) is 0 Å². The van der Waals surface area contributed by atoms with E-state index in [1.54, 1.807) is 7.05 Å². The van der Waals surface area contributed by atoms with Crippen molar-refractivity contribution in [1.82, 2.24) is 10.6 Å². The molecular formula is C18H31ClIN3O3S. The molecule has 1 aromatic rings. The number of nitrogens with one attached hydrogen (secondary N) is 2. The van der Waals surface area contributed by atoms with E-state index >= 15 is 0 Å². The standard InChI is InChI=1S/C18H30ClN3O3S.HI/c1-18(2,13-15-6-5-7-16(19)12-15)14-22-17(20-3)21-8-9-25-10-11-26(4,23)24;/h5-7,12H,8-11,13-14H2,1-4H3,(H2,20,21,22);1H. The van der Waals surface area contributed by atoms with Crippen LogP contribution in [-0.4, -0.2) is 59.7 Å². The molecule has 1 rings (SSSR count). The summed E-state index contributed by atoms with van der Waals surface area (Å²) in [6.45, 7) is 6.29. The maximum Gasteiger partial charge on any atom is 0.191 e. The minimum Gasteiger partial charge on any atom is -0.379 e. The lowest BCUT2D eigenvalue weighted by molar-refractivity contribution is 0.154. The molecule has 156 valence electrons. The summed E-state index contributed by atoms with van der Waals surface area (Å²) >= 11 is 6.05. The van der Waals surface area contributed by atoms with Crippen LogP contribution in [0.2, 0.25) is 5.02 Å². The van der Waals surface area contributed by atoms with E-state index in [1.807, 2.05) is 18.2 Å². The van der Waals surface area contributed by atoms with Crippen LogP contribution in [0.1, 0.15) is 19.4 Å². The second-order valence-electron chi connectivity index (χ2n) is 7.07. The molecule has 0 unspecified atom stereocenters. The van der Waals surface area contributed by atoms with Gasteiger partial charge in [-0.25, -0.2) is 8.42 Å². The highest BCUT2D eigenvalue weighted by molar-refractivity contribution is 14.0. The normalized spacial score (nSPS) is 12.4. The summed E-state index contributed by atoms with van der Waals surface area (Å²) in [5.41, 5.74) is 1.22. The van der Waals surface area contributed by atoms with Crippen molar-refractivity contribution in [3.63, 3.8) is 0 Å². The van der Waals surface area contributed by atoms with E-state index in [0.29, 0.717) is 19.1 Å². The van der Waals surface area contributed by atoms with Crippen molar-refractivity contribution >= 4 is 51.4 Å². The van der Waals surface area contributed by atoms with Crippen molar-refractivity contribution in [1.29, 1.82) is 0 Å². The number of hydrogen-bond donors (Lipinski definition) is 2. The number of halogens is 2. The molecular weight excluding hydrogens is 501 g/mol. The van der Waals surface area contributed by atoms with E-state index in [0.717, 1.165) is 18.0 Å². The Balaban J connectivity index is 0.00000676. The average Bonchev–Trinajstić information content (AvgIpc) is 2.52. The molecule has 9 heteroatoms. The number of nitrogens with zero attached hydrogens (tertiary/aromatic N) is 1. The Bertz CT molecular complexity index is 697. The maximum atomic E-state index is 11.0. The summed E-state index contributed by atoms with van der Waals surface area (Å²) in [7, 11) is -1.26. The molecule has 0 radical (unpaired) electrons. The minimum absolute atomic E-state index is 0. The van der Waals surface area contributed by atoms with Crippen LogP contribution in [0.5, 0.6) is 0 Å². The van der Waals surface area contributed by atoms with Gasteiger partial charge in [0.15, 0.2) is 5.96 Å². The molecule has 0 saturated heterocycles. The lowest BCUT2D eigenvalue weighted by Crippen LogP contribution is -2.43. The Morgan fingerprint density at radius 3 is 2.56 bits per heavy atom. The molecule has 6 nitrogen and oxygen atoms in total. The molecule has 2 N–H and O–H groups in total. The van der Waals surface area contributed by atoms with E-state index in [1.165, 1.54) is 11.8 Å². The molecule has 0 aliphatic carbocycles. The van der Waals surface area contributed by atoms with Gasteiger partial charge in [0, 0.05) is 31.4 Å². The van der Waals surface area contributed by atoms with E-state index in [-0.39, 0.29) is 41.8 Å². The predicted octanol–water partition coefficient (Wildman–Crippen LogP) is 2.75. The van der Waals surface area contributed by atoms with E-state index < -0.39 is 9.84 Å². The second-order valence-corrected chi connectivity index (χ2v) is 9.76. The topological polar surface area (TPSA) is 79.8 Å². The van der Waals surface area contributed by atoms with Crippen molar-refractivity contribution in [3.8, 4) is 0 Å². The first kappa shape index (κ1) is 26.4. The summed E-state index contributed by atoms with van der Waals surface area (Å²) in [4.78, 5) is 4.19. The molecule has 0 heterocycles. The number of guanidine groups is 1. The van der Waals surface area contributed by atoms with Crippen LogP contribution in [0, 0.1) is 5.41 Å². The number of hydrogen-bond acceptors (Lipinski definition) is 4. The third-order valence-electron chi connectivity index (χ3n) is 3.67. The molecule has 1 aromatic carbocycles. The highest BCUT2D eigenvalue weighted by Gasteiger charge is 2.19. The molecule has 0 spiro atoms. The van der Waals surface area contributed by atoms with Gasteiger partial charge in [0.05, 0.1) is 19.0 Å². The molecule has 0 aliphatic rings. The fourth-order valence-electron chi connectivity index (χ4n) is 2.36. The van der Waals surface area contributed by atoms with Crippen LogP contribution in [0.4, 0.5) is 0 Å². The van der Waals surface area contributed by atoms with Crippen LogP contribution in [-0.2, 0) is 21.0 Å². The third kappa shape index (κ3) is 13.3. The molecule has 0 atom stereocenters. The largest absolute Gasteiger partial charge is 0.379 e. The smallest absolute Gasteiger partial charge is 0.191 e. The molecule has 0 amide bonds. The Labute approximate surface area is 185 Å². The summed E-state index contributed by atoms with van der Waals surface area (Å²) in [5.74, 6) is 0.730. The highest BCUT2D eigenvalue weighted by atomic mass is 127. The number of sulfone groups is 1. The molecule has 0 aliphatic heterocycles. The monoisotopic (exact) mass is 531 g/mol. The fraction of sp³-hybridized carbons (Fsp3) is 0.611. The Morgan fingerprint density at radius 1 is 1.26 bits per heavy atom. The van der Waals surface area contributed by atoms with E-state index in [4.69, 9.17) is 16.3 Å². The maximum absolute atomic E-state index is 11.0. The van der Waals surface area contributed by atoms with Crippen molar-refractivity contribution < 1.29 is 13.2 Å². The minimum atomic E-state index is -2.98. The second kappa shape index (κ2) is 12.8. The van der Waals surface area contributed by atoms with Crippen molar-refractivity contribution in [3.05, 3.63) is 34.9 Å². The van der Waals surface area contributed by atoms with Gasteiger partial charge in [-0.15, -0.1) is 24.0 Å². The highest BCUT2D eigenvalue weighted by Crippen LogP contribution is 2.22. The number of aliphatic imine (C=N–C) groups is 1. The molecule has 0 bridgehead atoms. The Morgan fingerprint density at radius 2 is 1.96 bits per heavy atom. The first-order valence-electron chi connectivity index (χ1n) is 8.56. The zero-order valence-electron chi connectivity index (χ0n) is 16.4. The Hall–Kier alpha value is -0.580. The van der Waals surface area contributed by atoms with E-state index in [9.17, 15) is 8.42 Å². The SMILES string of the molecule is CN=C(NCCOCCS(C)(=O)=O)NCC(C)(C)Cc1cccc(Cl)c1.I. The van der Waals surface area contributed by atoms with Gasteiger partial charge in [0.1, 0.15) is 9.84 Å². The predicted molar refractivity (Wildman–Crippen MR) is 124 cm³/mol. The fourth-order valence-corrected chi connectivity index (χ4v) is 2.99. The molecule has 27 heavy (non-hydrogen) atoms. The van der Waals surface area contributed by atoms with Crippen LogP contribution in [0.15, 0.2) is 29.3 Å². The lowest BCUT2D eigenvalue weighted by atomic mass is 9.86. The van der Waals surface area contributed by atoms with Gasteiger partial charge in [-0.1, -0.05) is 37.6 Å². The van der Waals surface area contributed by atoms with Gasteiger partial charge >= 0.3 is 0 Å². The summed E-state index contributed by atoms with van der Waals surface area (Å²) in [5, 5.41) is 7.22. The van der Waals surface area contributed by atoms with Crippen molar-refractivity contribution in [2.45, 2.75) is 20.3 Å². The summed E-state index contributed by atoms with van der Waals surface area (Å²) in [6.07, 6.45) is 2.09. The van der Waals surface area contributed by atoms with Crippen LogP contribution in [0.25, 0.3) is 0 Å². The third-order valence-corrected chi connectivity index (χ3v) is 4.81. The zero-order valence-corrected chi connectivity index (χ0v) is 20.3. The van der Waals surface area contributed by atoms with Gasteiger partial charge in [0.2, 0.25) is 0 Å². The van der Waals surface area contributed by atoms with Crippen LogP contribution >= 0.6 is 35.6 Å². The number of rotatable bonds is 10. The number of ether oxygens (including phenoxy) is 1. The molecule has 0 fully saturated rings. The first-order valence-corrected chi connectivity index (χ1v) is 11.0. The lowest BCUT2D eigenvalue weighted by Gasteiger charge is -2.26. The van der Waals surface area contributed by atoms with Gasteiger partial charge in [-0.2, -0.15) is 0 Å². The molecule has 0 saturated carbocycles. The number of benzene rings is 1. The van der Waals surface area contributed by atoms with Gasteiger partial charge in [-0.3, -0.25) is 4.99 Å². The quantitative estimate of drug-likeness (QED) is 0.210. The van der Waals surface area contributed by atoms with Crippen molar-refractivity contribution in [2.75, 3.05) is 45.4 Å². The zero-order chi connectivity index (χ0) is 19.6. The van der Waals surface area contributed by atoms with E-state index in [2.05, 4.69) is 35.5 Å². The van der Waals surface area contributed by atoms with Crippen LogP contribution < -0.4 is 10.6 Å². The van der Waals surface area contributed by atoms with Gasteiger partial charge in [-0.05, 0) is 29.5 Å². The average molecular weight is 532 g/mol. The summed E-state index contributed by atoms with van der Waals surface area (Å²) in [6, 6.07) is 7.91.